The molecule has 0 spiro atoms. The van der Waals surface area contributed by atoms with Crippen LogP contribution in [0.25, 0.3) is 0 Å². The van der Waals surface area contributed by atoms with Crippen molar-refractivity contribution in [1.29, 1.82) is 0 Å². The summed E-state index contributed by atoms with van der Waals surface area (Å²) in [5.74, 6) is 0.191. The largest absolute Gasteiger partial charge is 0.315 e. The first-order valence-corrected chi connectivity index (χ1v) is 8.20. The predicted octanol–water partition coefficient (Wildman–Crippen LogP) is 1.13. The van der Waals surface area contributed by atoms with Crippen LogP contribution in [0.15, 0.2) is 18.3 Å². The normalized spacial score (nSPS) is 22.5. The molecule has 3 unspecified atom stereocenters. The summed E-state index contributed by atoms with van der Waals surface area (Å²) in [4.78, 5) is 4.44. The van der Waals surface area contributed by atoms with Gasteiger partial charge in [0.15, 0.2) is 9.84 Å². The summed E-state index contributed by atoms with van der Waals surface area (Å²) in [6.07, 6.45) is 5.05. The molecule has 3 atom stereocenters. The molecule has 0 amide bonds. The van der Waals surface area contributed by atoms with Crippen LogP contribution in [0.1, 0.15) is 30.5 Å². The van der Waals surface area contributed by atoms with Crippen molar-refractivity contribution in [2.24, 2.45) is 0 Å². The predicted molar refractivity (Wildman–Crippen MR) is 72.5 cm³/mol. The first-order chi connectivity index (χ1) is 8.45. The molecule has 1 aromatic rings. The molecule has 0 aromatic carbocycles. The zero-order valence-electron chi connectivity index (χ0n) is 11.1. The molecule has 1 aromatic heterocycles. The Kier molecular flexibility index (Phi) is 3.73. The molecule has 0 saturated heterocycles. The van der Waals surface area contributed by atoms with E-state index in [0.29, 0.717) is 0 Å². The number of nitrogens with one attached hydrogen (secondary N) is 1. The minimum absolute atomic E-state index is 0.0730. The van der Waals surface area contributed by atoms with Gasteiger partial charge in [0.25, 0.3) is 0 Å². The summed E-state index contributed by atoms with van der Waals surface area (Å²) >= 11 is 0. The van der Waals surface area contributed by atoms with Crippen molar-refractivity contribution in [3.8, 4) is 0 Å². The molecule has 4 nitrogen and oxygen atoms in total. The van der Waals surface area contributed by atoms with Crippen LogP contribution in [0.5, 0.6) is 0 Å². The van der Waals surface area contributed by atoms with E-state index in [1.807, 2.05) is 13.1 Å². The standard InChI is InChI=1S/C13H20N2O2S/c1-9(18(3,16)17)12(14-2)11-7-6-10-5-4-8-15-13(10)11/h4-5,8-9,11-12,14H,6-7H2,1-3H3. The number of sulfone groups is 1. The van der Waals surface area contributed by atoms with E-state index < -0.39 is 15.1 Å². The van der Waals surface area contributed by atoms with Gasteiger partial charge in [0.1, 0.15) is 0 Å². The van der Waals surface area contributed by atoms with E-state index in [1.165, 1.54) is 11.8 Å². The summed E-state index contributed by atoms with van der Waals surface area (Å²) in [7, 11) is -1.22. The Morgan fingerprint density at radius 3 is 2.83 bits per heavy atom. The van der Waals surface area contributed by atoms with E-state index in [4.69, 9.17) is 0 Å². The summed E-state index contributed by atoms with van der Waals surface area (Å²) in [5.41, 5.74) is 2.32. The molecule has 1 N–H and O–H groups in total. The Hall–Kier alpha value is -0.940. The maximum atomic E-state index is 11.7. The van der Waals surface area contributed by atoms with Crippen molar-refractivity contribution >= 4 is 9.84 Å². The van der Waals surface area contributed by atoms with Crippen molar-refractivity contribution in [2.75, 3.05) is 13.3 Å². The van der Waals surface area contributed by atoms with E-state index >= 15 is 0 Å². The van der Waals surface area contributed by atoms with E-state index in [-0.39, 0.29) is 12.0 Å². The lowest BCUT2D eigenvalue weighted by molar-refractivity contribution is 0.436. The summed E-state index contributed by atoms with van der Waals surface area (Å²) in [6, 6.07) is 3.95. The van der Waals surface area contributed by atoms with Crippen molar-refractivity contribution in [3.63, 3.8) is 0 Å². The highest BCUT2D eigenvalue weighted by Crippen LogP contribution is 2.35. The van der Waals surface area contributed by atoms with Gasteiger partial charge in [0.2, 0.25) is 0 Å². The van der Waals surface area contributed by atoms with Crippen molar-refractivity contribution in [1.82, 2.24) is 10.3 Å². The van der Waals surface area contributed by atoms with Gasteiger partial charge in [-0.1, -0.05) is 6.07 Å². The highest BCUT2D eigenvalue weighted by Gasteiger charge is 2.36. The average molecular weight is 268 g/mol. The number of nitrogens with zero attached hydrogens (tertiary/aromatic N) is 1. The van der Waals surface area contributed by atoms with E-state index in [1.54, 1.807) is 13.1 Å². The number of aryl methyl sites for hydroxylation is 1. The van der Waals surface area contributed by atoms with Gasteiger partial charge >= 0.3 is 0 Å². The summed E-state index contributed by atoms with van der Waals surface area (Å²) in [6.45, 7) is 1.78. The van der Waals surface area contributed by atoms with Crippen LogP contribution in [0.2, 0.25) is 0 Å². The van der Waals surface area contributed by atoms with Gasteiger partial charge in [-0.3, -0.25) is 4.98 Å². The number of hydrogen-bond acceptors (Lipinski definition) is 4. The quantitative estimate of drug-likeness (QED) is 0.889. The van der Waals surface area contributed by atoms with Gasteiger partial charge in [-0.2, -0.15) is 0 Å². The first-order valence-electron chi connectivity index (χ1n) is 6.25. The zero-order valence-corrected chi connectivity index (χ0v) is 11.9. The zero-order chi connectivity index (χ0) is 13.3. The second-order valence-electron chi connectivity index (χ2n) is 5.04. The SMILES string of the molecule is CNC(C1CCc2cccnc21)C(C)S(C)(=O)=O. The minimum Gasteiger partial charge on any atom is -0.315 e. The monoisotopic (exact) mass is 268 g/mol. The molecule has 0 fully saturated rings. The lowest BCUT2D eigenvalue weighted by Crippen LogP contribution is -2.44. The average Bonchev–Trinajstić information content (AvgIpc) is 2.73. The fraction of sp³-hybridized carbons (Fsp3) is 0.615. The van der Waals surface area contributed by atoms with Gasteiger partial charge in [-0.05, 0) is 38.4 Å². The van der Waals surface area contributed by atoms with Gasteiger partial charge < -0.3 is 5.32 Å². The second kappa shape index (κ2) is 4.97. The fourth-order valence-corrected chi connectivity index (χ4v) is 3.68. The molecule has 1 heterocycles. The smallest absolute Gasteiger partial charge is 0.151 e. The maximum Gasteiger partial charge on any atom is 0.151 e. The Morgan fingerprint density at radius 1 is 1.50 bits per heavy atom. The van der Waals surface area contributed by atoms with Crippen molar-refractivity contribution < 1.29 is 8.42 Å². The second-order valence-corrected chi connectivity index (χ2v) is 7.44. The van der Waals surface area contributed by atoms with Crippen LogP contribution in [0.4, 0.5) is 0 Å². The van der Waals surface area contributed by atoms with Crippen LogP contribution in [0, 0.1) is 0 Å². The Labute approximate surface area is 109 Å². The van der Waals surface area contributed by atoms with E-state index in [2.05, 4.69) is 16.4 Å². The molecule has 0 radical (unpaired) electrons. The number of aromatic nitrogens is 1. The molecular formula is C13H20N2O2S. The third-order valence-electron chi connectivity index (χ3n) is 3.95. The third-order valence-corrected chi connectivity index (χ3v) is 5.59. The van der Waals surface area contributed by atoms with Crippen LogP contribution in [-0.2, 0) is 16.3 Å². The molecule has 0 saturated carbocycles. The van der Waals surface area contributed by atoms with Gasteiger partial charge in [-0.25, -0.2) is 8.42 Å². The Morgan fingerprint density at radius 2 is 2.22 bits per heavy atom. The molecule has 18 heavy (non-hydrogen) atoms. The number of fused-ring (bicyclic) bond motifs is 1. The Balaban J connectivity index is 2.31. The van der Waals surface area contributed by atoms with Gasteiger partial charge in [-0.15, -0.1) is 0 Å². The molecule has 5 heteroatoms. The molecular weight excluding hydrogens is 248 g/mol. The highest BCUT2D eigenvalue weighted by molar-refractivity contribution is 7.91. The molecule has 1 aliphatic rings. The molecule has 1 aliphatic carbocycles. The van der Waals surface area contributed by atoms with Gasteiger partial charge in [0.05, 0.1) is 5.25 Å². The number of rotatable bonds is 4. The molecule has 2 rings (SSSR count). The molecule has 0 bridgehead atoms. The van der Waals surface area contributed by atoms with E-state index in [0.717, 1.165) is 18.5 Å². The highest BCUT2D eigenvalue weighted by atomic mass is 32.2. The summed E-state index contributed by atoms with van der Waals surface area (Å²) in [5, 5.41) is 2.77. The molecule has 0 aliphatic heterocycles. The first kappa shape index (κ1) is 13.5. The van der Waals surface area contributed by atoms with Crippen LogP contribution < -0.4 is 5.32 Å². The number of pyridine rings is 1. The number of hydrogen-bond donors (Lipinski definition) is 1. The lowest BCUT2D eigenvalue weighted by atomic mass is 9.94. The fourth-order valence-electron chi connectivity index (χ4n) is 2.82. The molecule has 100 valence electrons. The van der Waals surface area contributed by atoms with Crippen molar-refractivity contribution in [2.45, 2.75) is 37.0 Å². The lowest BCUT2D eigenvalue weighted by Gasteiger charge is -2.28. The minimum atomic E-state index is -3.04. The third kappa shape index (κ3) is 2.42. The van der Waals surface area contributed by atoms with Crippen LogP contribution in [0.3, 0.4) is 0 Å². The van der Waals surface area contributed by atoms with E-state index in [9.17, 15) is 8.42 Å². The topological polar surface area (TPSA) is 59.1 Å². The maximum absolute atomic E-state index is 11.7. The Bertz CT molecular complexity index is 528. The van der Waals surface area contributed by atoms with Crippen LogP contribution >= 0.6 is 0 Å². The van der Waals surface area contributed by atoms with Crippen LogP contribution in [-0.4, -0.2) is 38.0 Å². The van der Waals surface area contributed by atoms with Crippen molar-refractivity contribution in [3.05, 3.63) is 29.6 Å². The van der Waals surface area contributed by atoms with Gasteiger partial charge in [0, 0.05) is 30.1 Å². The number of likely N-dealkylation sites (N-methyl/N-ethyl adjacent to an activating group) is 1. The summed E-state index contributed by atoms with van der Waals surface area (Å²) < 4.78 is 23.5.